The molecule has 5 rings (SSSR count). The SMILES string of the molecule is CC1CCN(C2CCN(C(=O)c3cc(-c4ccc5c(c4)OCO5)n[nH]3)CC2)CC1. The lowest BCUT2D eigenvalue weighted by Gasteiger charge is -2.41. The first kappa shape index (κ1) is 18.5. The zero-order valence-corrected chi connectivity index (χ0v) is 16.9. The van der Waals surface area contributed by atoms with Crippen molar-refractivity contribution in [2.75, 3.05) is 33.0 Å². The van der Waals surface area contributed by atoms with Gasteiger partial charge in [-0.15, -0.1) is 0 Å². The van der Waals surface area contributed by atoms with Gasteiger partial charge in [0.15, 0.2) is 11.5 Å². The summed E-state index contributed by atoms with van der Waals surface area (Å²) in [5.74, 6) is 2.35. The Labute approximate surface area is 171 Å². The summed E-state index contributed by atoms with van der Waals surface area (Å²) >= 11 is 0. The minimum absolute atomic E-state index is 0.0372. The Morgan fingerprint density at radius 2 is 1.79 bits per heavy atom. The molecule has 0 spiro atoms. The maximum Gasteiger partial charge on any atom is 0.271 e. The van der Waals surface area contributed by atoms with Crippen LogP contribution in [0.25, 0.3) is 11.3 Å². The fourth-order valence-electron chi connectivity index (χ4n) is 4.63. The third-order valence-electron chi connectivity index (χ3n) is 6.56. The Kier molecular flexibility index (Phi) is 4.91. The van der Waals surface area contributed by atoms with Crippen molar-refractivity contribution in [1.82, 2.24) is 20.0 Å². The highest BCUT2D eigenvalue weighted by atomic mass is 16.7. The van der Waals surface area contributed by atoms with E-state index in [-0.39, 0.29) is 12.7 Å². The number of H-pyrrole nitrogens is 1. The highest BCUT2D eigenvalue weighted by Crippen LogP contribution is 2.35. The number of aromatic amines is 1. The smallest absolute Gasteiger partial charge is 0.271 e. The van der Waals surface area contributed by atoms with Crippen LogP contribution in [-0.4, -0.2) is 64.9 Å². The highest BCUT2D eigenvalue weighted by Gasteiger charge is 2.29. The van der Waals surface area contributed by atoms with E-state index in [1.54, 1.807) is 0 Å². The Balaban J connectivity index is 1.21. The van der Waals surface area contributed by atoms with Gasteiger partial charge in [-0.05, 0) is 69.0 Å². The van der Waals surface area contributed by atoms with Gasteiger partial charge in [0.2, 0.25) is 6.79 Å². The summed E-state index contributed by atoms with van der Waals surface area (Å²) in [6.45, 7) is 6.64. The average Bonchev–Trinajstić information content (AvgIpc) is 3.43. The molecule has 0 saturated carbocycles. The number of piperidine rings is 2. The van der Waals surface area contributed by atoms with Crippen molar-refractivity contribution in [3.63, 3.8) is 0 Å². The maximum absolute atomic E-state index is 13.0. The van der Waals surface area contributed by atoms with Crippen molar-refractivity contribution in [1.29, 1.82) is 0 Å². The molecule has 1 aromatic carbocycles. The number of amides is 1. The quantitative estimate of drug-likeness (QED) is 0.863. The Bertz CT molecular complexity index is 880. The lowest BCUT2D eigenvalue weighted by Crippen LogP contribution is -2.48. The van der Waals surface area contributed by atoms with E-state index in [0.29, 0.717) is 17.5 Å². The normalized spacial score (nSPS) is 20.9. The molecule has 0 atom stereocenters. The molecule has 0 aliphatic carbocycles. The molecule has 0 unspecified atom stereocenters. The van der Waals surface area contributed by atoms with Crippen molar-refractivity contribution < 1.29 is 14.3 Å². The van der Waals surface area contributed by atoms with Gasteiger partial charge in [-0.1, -0.05) is 6.92 Å². The summed E-state index contributed by atoms with van der Waals surface area (Å²) in [5.41, 5.74) is 2.19. The molecule has 0 bridgehead atoms. The summed E-state index contributed by atoms with van der Waals surface area (Å²) in [7, 11) is 0. The number of fused-ring (bicyclic) bond motifs is 1. The third kappa shape index (κ3) is 3.71. The predicted octanol–water partition coefficient (Wildman–Crippen LogP) is 3.14. The van der Waals surface area contributed by atoms with E-state index in [9.17, 15) is 4.79 Å². The monoisotopic (exact) mass is 396 g/mol. The van der Waals surface area contributed by atoms with E-state index >= 15 is 0 Å². The van der Waals surface area contributed by atoms with Crippen molar-refractivity contribution in [2.24, 2.45) is 5.92 Å². The van der Waals surface area contributed by atoms with Crippen molar-refractivity contribution in [3.05, 3.63) is 30.0 Å². The van der Waals surface area contributed by atoms with E-state index in [4.69, 9.17) is 9.47 Å². The number of nitrogens with zero attached hydrogens (tertiary/aromatic N) is 3. The van der Waals surface area contributed by atoms with E-state index in [1.165, 1.54) is 25.9 Å². The third-order valence-corrected chi connectivity index (χ3v) is 6.56. The molecule has 2 aromatic rings. The minimum atomic E-state index is 0.0372. The molecular weight excluding hydrogens is 368 g/mol. The van der Waals surface area contributed by atoms with Crippen LogP contribution in [0, 0.1) is 5.92 Å². The first-order valence-electron chi connectivity index (χ1n) is 10.7. The van der Waals surface area contributed by atoms with Gasteiger partial charge in [0.1, 0.15) is 5.69 Å². The molecule has 29 heavy (non-hydrogen) atoms. The number of hydrogen-bond donors (Lipinski definition) is 1. The van der Waals surface area contributed by atoms with E-state index in [1.807, 2.05) is 29.2 Å². The average molecular weight is 396 g/mol. The van der Waals surface area contributed by atoms with E-state index < -0.39 is 0 Å². The summed E-state index contributed by atoms with van der Waals surface area (Å²) in [6, 6.07) is 8.16. The number of benzene rings is 1. The molecule has 4 heterocycles. The van der Waals surface area contributed by atoms with Crippen molar-refractivity contribution >= 4 is 5.91 Å². The molecule has 0 radical (unpaired) electrons. The second-order valence-corrected chi connectivity index (χ2v) is 8.48. The molecule has 1 amide bonds. The molecular formula is C22H28N4O3. The van der Waals surface area contributed by atoms with Gasteiger partial charge < -0.3 is 19.3 Å². The number of carbonyl (C=O) groups is 1. The molecule has 2 fully saturated rings. The first-order valence-corrected chi connectivity index (χ1v) is 10.7. The Morgan fingerprint density at radius 1 is 1.03 bits per heavy atom. The number of aromatic nitrogens is 2. The summed E-state index contributed by atoms with van der Waals surface area (Å²) in [4.78, 5) is 17.5. The topological polar surface area (TPSA) is 70.7 Å². The van der Waals surface area contributed by atoms with Crippen LogP contribution in [0.4, 0.5) is 0 Å². The predicted molar refractivity (Wildman–Crippen MR) is 109 cm³/mol. The van der Waals surface area contributed by atoms with Gasteiger partial charge in [0.05, 0.1) is 5.69 Å². The van der Waals surface area contributed by atoms with Crippen LogP contribution < -0.4 is 9.47 Å². The largest absolute Gasteiger partial charge is 0.454 e. The number of hydrogen-bond acceptors (Lipinski definition) is 5. The van der Waals surface area contributed by atoms with E-state index in [2.05, 4.69) is 22.0 Å². The number of carbonyl (C=O) groups excluding carboxylic acids is 1. The Hall–Kier alpha value is -2.54. The number of ether oxygens (including phenoxy) is 2. The van der Waals surface area contributed by atoms with Crippen LogP contribution in [-0.2, 0) is 0 Å². The summed E-state index contributed by atoms with van der Waals surface area (Å²) < 4.78 is 10.8. The molecule has 3 aliphatic heterocycles. The van der Waals surface area contributed by atoms with Gasteiger partial charge in [-0.25, -0.2) is 0 Å². The van der Waals surface area contributed by atoms with Crippen LogP contribution in [0.5, 0.6) is 11.5 Å². The number of likely N-dealkylation sites (tertiary alicyclic amines) is 2. The standard InChI is InChI=1S/C22H28N4O3/c1-15-4-8-25(9-5-15)17-6-10-26(11-7-17)22(27)19-13-18(23-24-19)16-2-3-20-21(12-16)29-14-28-20/h2-3,12-13,15,17H,4-11,14H2,1H3,(H,23,24). The molecule has 1 aromatic heterocycles. The molecule has 2 saturated heterocycles. The highest BCUT2D eigenvalue weighted by molar-refractivity contribution is 5.93. The maximum atomic E-state index is 13.0. The Morgan fingerprint density at radius 3 is 2.59 bits per heavy atom. The van der Waals surface area contributed by atoms with Gasteiger partial charge in [0.25, 0.3) is 5.91 Å². The van der Waals surface area contributed by atoms with Crippen LogP contribution in [0.15, 0.2) is 24.3 Å². The zero-order valence-electron chi connectivity index (χ0n) is 16.9. The van der Waals surface area contributed by atoms with Crippen LogP contribution in [0.2, 0.25) is 0 Å². The van der Waals surface area contributed by atoms with Crippen molar-refractivity contribution in [2.45, 2.75) is 38.6 Å². The van der Waals surface area contributed by atoms with E-state index in [0.717, 1.165) is 48.9 Å². The molecule has 3 aliphatic rings. The molecule has 7 nitrogen and oxygen atoms in total. The summed E-state index contributed by atoms with van der Waals surface area (Å²) in [6.07, 6.45) is 4.72. The number of rotatable bonds is 3. The van der Waals surface area contributed by atoms with Crippen LogP contribution in [0.3, 0.4) is 0 Å². The second-order valence-electron chi connectivity index (χ2n) is 8.48. The van der Waals surface area contributed by atoms with Gasteiger partial charge in [-0.3, -0.25) is 9.89 Å². The van der Waals surface area contributed by atoms with Gasteiger partial charge in [-0.2, -0.15) is 5.10 Å². The fourth-order valence-corrected chi connectivity index (χ4v) is 4.63. The van der Waals surface area contributed by atoms with Crippen LogP contribution in [0.1, 0.15) is 43.1 Å². The zero-order chi connectivity index (χ0) is 19.8. The summed E-state index contributed by atoms with van der Waals surface area (Å²) in [5, 5.41) is 7.27. The number of nitrogens with one attached hydrogen (secondary N) is 1. The lowest BCUT2D eigenvalue weighted by atomic mass is 9.95. The lowest BCUT2D eigenvalue weighted by molar-refractivity contribution is 0.0555. The second kappa shape index (κ2) is 7.71. The first-order chi connectivity index (χ1) is 14.2. The van der Waals surface area contributed by atoms with Gasteiger partial charge in [0, 0.05) is 24.7 Å². The van der Waals surface area contributed by atoms with Gasteiger partial charge >= 0.3 is 0 Å². The fraction of sp³-hybridized carbons (Fsp3) is 0.545. The molecule has 1 N–H and O–H groups in total. The van der Waals surface area contributed by atoms with Crippen molar-refractivity contribution in [3.8, 4) is 22.8 Å². The minimum Gasteiger partial charge on any atom is -0.454 e. The van der Waals surface area contributed by atoms with Crippen LogP contribution >= 0.6 is 0 Å². The molecule has 154 valence electrons. The molecule has 7 heteroatoms.